The maximum Gasteiger partial charge on any atom is 0.131 e. The van der Waals surface area contributed by atoms with Crippen LogP contribution >= 0.6 is 27.3 Å². The molecule has 0 spiro atoms. The van der Waals surface area contributed by atoms with Crippen molar-refractivity contribution in [1.29, 1.82) is 0 Å². The summed E-state index contributed by atoms with van der Waals surface area (Å²) in [5.74, 6) is 0.251. The van der Waals surface area contributed by atoms with Crippen molar-refractivity contribution in [1.82, 2.24) is 4.90 Å². The van der Waals surface area contributed by atoms with Crippen molar-refractivity contribution in [3.8, 4) is 0 Å². The number of nitrogens with zero attached hydrogens (tertiary/aromatic N) is 1. The fourth-order valence-electron chi connectivity index (χ4n) is 1.44. The number of hydrogen-bond acceptors (Lipinski definition) is 3. The fraction of sp³-hybridized carbons (Fsp3) is 0.545. The Kier molecular flexibility index (Phi) is 4.96. The van der Waals surface area contributed by atoms with E-state index in [1.807, 2.05) is 0 Å². The van der Waals surface area contributed by atoms with Gasteiger partial charge in [-0.1, -0.05) is 0 Å². The summed E-state index contributed by atoms with van der Waals surface area (Å²) in [5.41, 5.74) is 1.30. The lowest BCUT2D eigenvalue weighted by Crippen LogP contribution is -2.29. The minimum absolute atomic E-state index is 0.251. The number of Topliss-reactive ketones (excluding diaryl/α,β-unsaturated/α-hetero) is 1. The summed E-state index contributed by atoms with van der Waals surface area (Å²) in [4.78, 5) is 13.2. The molecular formula is C11H16BrNOS. The SMILES string of the molecule is CC(=O)CC(C)N(C)Cc1csc(Br)c1. The smallest absolute Gasteiger partial charge is 0.131 e. The Morgan fingerprint density at radius 3 is 2.80 bits per heavy atom. The van der Waals surface area contributed by atoms with Crippen molar-refractivity contribution in [2.24, 2.45) is 0 Å². The molecule has 84 valence electrons. The summed E-state index contributed by atoms with van der Waals surface area (Å²) in [5, 5.41) is 2.14. The lowest BCUT2D eigenvalue weighted by atomic mass is 10.1. The van der Waals surface area contributed by atoms with Crippen LogP contribution in [0.15, 0.2) is 15.2 Å². The summed E-state index contributed by atoms with van der Waals surface area (Å²) >= 11 is 5.14. The third-order valence-corrected chi connectivity index (χ3v) is 3.94. The molecule has 1 aromatic rings. The van der Waals surface area contributed by atoms with E-state index in [9.17, 15) is 4.79 Å². The first-order chi connectivity index (χ1) is 6.99. The van der Waals surface area contributed by atoms with Gasteiger partial charge < -0.3 is 0 Å². The number of rotatable bonds is 5. The molecule has 0 N–H and O–H groups in total. The van der Waals surface area contributed by atoms with E-state index in [0.717, 1.165) is 10.3 Å². The highest BCUT2D eigenvalue weighted by Gasteiger charge is 2.12. The van der Waals surface area contributed by atoms with Crippen LogP contribution < -0.4 is 0 Å². The Labute approximate surface area is 103 Å². The average Bonchev–Trinajstić information content (AvgIpc) is 2.50. The quantitative estimate of drug-likeness (QED) is 0.829. The number of hydrogen-bond donors (Lipinski definition) is 0. The molecule has 2 nitrogen and oxygen atoms in total. The van der Waals surface area contributed by atoms with Crippen molar-refractivity contribution >= 4 is 33.0 Å². The van der Waals surface area contributed by atoms with Crippen molar-refractivity contribution in [3.05, 3.63) is 20.8 Å². The zero-order chi connectivity index (χ0) is 11.4. The Hall–Kier alpha value is -0.190. The van der Waals surface area contributed by atoms with Gasteiger partial charge in [0.2, 0.25) is 0 Å². The topological polar surface area (TPSA) is 20.3 Å². The monoisotopic (exact) mass is 289 g/mol. The Bertz CT molecular complexity index is 337. The number of thiophene rings is 1. The summed E-state index contributed by atoms with van der Waals surface area (Å²) in [6, 6.07) is 2.43. The summed E-state index contributed by atoms with van der Waals surface area (Å²) in [7, 11) is 2.05. The van der Waals surface area contributed by atoms with E-state index in [1.54, 1.807) is 18.3 Å². The van der Waals surface area contributed by atoms with Crippen molar-refractivity contribution in [2.45, 2.75) is 32.9 Å². The second kappa shape index (κ2) is 5.77. The second-order valence-corrected chi connectivity index (χ2v) is 6.22. The van der Waals surface area contributed by atoms with Crippen LogP contribution in [-0.2, 0) is 11.3 Å². The lowest BCUT2D eigenvalue weighted by molar-refractivity contribution is -0.118. The number of carbonyl (C=O) groups excluding carboxylic acids is 1. The van der Waals surface area contributed by atoms with Gasteiger partial charge in [0.1, 0.15) is 5.78 Å². The van der Waals surface area contributed by atoms with E-state index in [-0.39, 0.29) is 5.78 Å². The standard InChI is InChI=1S/C11H16BrNOS/c1-8(4-9(2)14)13(3)6-10-5-11(12)15-7-10/h5,7-8H,4,6H2,1-3H3. The molecule has 0 aliphatic carbocycles. The zero-order valence-electron chi connectivity index (χ0n) is 9.29. The molecule has 1 atom stereocenters. The molecule has 1 unspecified atom stereocenters. The molecule has 0 fully saturated rings. The Morgan fingerprint density at radius 2 is 2.33 bits per heavy atom. The molecule has 0 radical (unpaired) electrons. The molecule has 0 saturated carbocycles. The van der Waals surface area contributed by atoms with Gasteiger partial charge >= 0.3 is 0 Å². The number of ketones is 1. The maximum absolute atomic E-state index is 11.0. The van der Waals surface area contributed by atoms with Gasteiger partial charge in [-0.15, -0.1) is 11.3 Å². The van der Waals surface area contributed by atoms with Crippen LogP contribution in [0.1, 0.15) is 25.8 Å². The number of carbonyl (C=O) groups is 1. The van der Waals surface area contributed by atoms with Gasteiger partial charge in [0.25, 0.3) is 0 Å². The van der Waals surface area contributed by atoms with Crippen molar-refractivity contribution in [3.63, 3.8) is 0 Å². The minimum atomic E-state index is 0.251. The minimum Gasteiger partial charge on any atom is -0.300 e. The van der Waals surface area contributed by atoms with Gasteiger partial charge in [-0.05, 0) is 53.8 Å². The van der Waals surface area contributed by atoms with Gasteiger partial charge in [0, 0.05) is 19.0 Å². The van der Waals surface area contributed by atoms with Gasteiger partial charge in [-0.25, -0.2) is 0 Å². The van der Waals surface area contributed by atoms with Crippen LogP contribution in [-0.4, -0.2) is 23.8 Å². The summed E-state index contributed by atoms with van der Waals surface area (Å²) in [6.07, 6.45) is 0.627. The van der Waals surface area contributed by atoms with Gasteiger partial charge in [-0.3, -0.25) is 9.69 Å². The second-order valence-electron chi connectivity index (χ2n) is 3.93. The molecule has 0 aliphatic rings. The highest BCUT2D eigenvalue weighted by atomic mass is 79.9. The molecule has 0 bridgehead atoms. The average molecular weight is 290 g/mol. The first-order valence-electron chi connectivity index (χ1n) is 4.91. The molecule has 0 amide bonds. The fourth-order valence-corrected chi connectivity index (χ4v) is 2.64. The van der Waals surface area contributed by atoms with Crippen LogP contribution in [0, 0.1) is 0 Å². The van der Waals surface area contributed by atoms with E-state index in [2.05, 4.69) is 46.2 Å². The number of halogens is 1. The summed E-state index contributed by atoms with van der Waals surface area (Å²) in [6.45, 7) is 4.63. The van der Waals surface area contributed by atoms with Crippen molar-refractivity contribution in [2.75, 3.05) is 7.05 Å². The van der Waals surface area contributed by atoms with Crippen LogP contribution in [0.5, 0.6) is 0 Å². The molecule has 0 saturated heterocycles. The highest BCUT2D eigenvalue weighted by molar-refractivity contribution is 9.11. The predicted octanol–water partition coefficient (Wildman–Crippen LogP) is 3.31. The van der Waals surface area contributed by atoms with Crippen LogP contribution in [0.2, 0.25) is 0 Å². The van der Waals surface area contributed by atoms with Gasteiger partial charge in [0.05, 0.1) is 3.79 Å². The van der Waals surface area contributed by atoms with Crippen LogP contribution in [0.3, 0.4) is 0 Å². The van der Waals surface area contributed by atoms with Crippen molar-refractivity contribution < 1.29 is 4.79 Å². The van der Waals surface area contributed by atoms with E-state index >= 15 is 0 Å². The molecule has 1 aromatic heterocycles. The van der Waals surface area contributed by atoms with E-state index in [1.165, 1.54) is 5.56 Å². The van der Waals surface area contributed by atoms with Crippen LogP contribution in [0.4, 0.5) is 0 Å². The molecule has 4 heteroatoms. The first-order valence-corrected chi connectivity index (χ1v) is 6.59. The van der Waals surface area contributed by atoms with E-state index in [0.29, 0.717) is 12.5 Å². The molecule has 0 aliphatic heterocycles. The third-order valence-electron chi connectivity index (χ3n) is 2.39. The van der Waals surface area contributed by atoms with Gasteiger partial charge in [-0.2, -0.15) is 0 Å². The third kappa shape index (κ3) is 4.45. The Balaban J connectivity index is 2.47. The lowest BCUT2D eigenvalue weighted by Gasteiger charge is -2.23. The predicted molar refractivity (Wildman–Crippen MR) is 68.2 cm³/mol. The van der Waals surface area contributed by atoms with Gasteiger partial charge in [0.15, 0.2) is 0 Å². The summed E-state index contributed by atoms with van der Waals surface area (Å²) < 4.78 is 1.16. The molecule has 1 rings (SSSR count). The normalized spacial score (nSPS) is 13.1. The van der Waals surface area contributed by atoms with E-state index < -0.39 is 0 Å². The first kappa shape index (κ1) is 12.9. The van der Waals surface area contributed by atoms with E-state index in [4.69, 9.17) is 0 Å². The maximum atomic E-state index is 11.0. The highest BCUT2D eigenvalue weighted by Crippen LogP contribution is 2.22. The zero-order valence-corrected chi connectivity index (χ0v) is 11.7. The Morgan fingerprint density at radius 1 is 1.67 bits per heavy atom. The van der Waals surface area contributed by atoms with Crippen LogP contribution in [0.25, 0.3) is 0 Å². The molecule has 1 heterocycles. The molecule has 15 heavy (non-hydrogen) atoms. The largest absolute Gasteiger partial charge is 0.300 e. The molecule has 0 aromatic carbocycles. The molecular weight excluding hydrogens is 274 g/mol.